The van der Waals surface area contributed by atoms with Gasteiger partial charge in [0.2, 0.25) is 0 Å². The molecular formula is C13H20O. The largest absolute Gasteiger partial charge is 0.295 e. The number of hydrogen-bond acceptors (Lipinski definition) is 1. The third-order valence-electron chi connectivity index (χ3n) is 1.75. The number of rotatable bonds is 7. The Morgan fingerprint density at radius 2 is 1.43 bits per heavy atom. The monoisotopic (exact) mass is 192 g/mol. The molecule has 0 atom stereocenters. The third-order valence-corrected chi connectivity index (χ3v) is 1.75. The van der Waals surface area contributed by atoms with Crippen molar-refractivity contribution in [2.24, 2.45) is 0 Å². The summed E-state index contributed by atoms with van der Waals surface area (Å²) in [6.07, 6.45) is 16.4. The van der Waals surface area contributed by atoms with Gasteiger partial charge in [-0.15, -0.1) is 0 Å². The van der Waals surface area contributed by atoms with Crippen LogP contribution in [0.4, 0.5) is 0 Å². The molecule has 0 heterocycles. The van der Waals surface area contributed by atoms with Crippen molar-refractivity contribution in [1.82, 2.24) is 0 Å². The molecule has 0 N–H and O–H groups in total. The molecule has 0 aliphatic carbocycles. The molecule has 0 saturated heterocycles. The van der Waals surface area contributed by atoms with Crippen molar-refractivity contribution < 1.29 is 4.79 Å². The van der Waals surface area contributed by atoms with Crippen molar-refractivity contribution in [3.63, 3.8) is 0 Å². The Hall–Kier alpha value is -1.11. The summed E-state index contributed by atoms with van der Waals surface area (Å²) in [5, 5.41) is 0. The molecule has 0 saturated carbocycles. The number of carbonyl (C=O) groups is 1. The second-order valence-corrected chi connectivity index (χ2v) is 3.21. The van der Waals surface area contributed by atoms with Crippen LogP contribution in [0.5, 0.6) is 0 Å². The maximum Gasteiger partial charge on any atom is 0.152 e. The summed E-state index contributed by atoms with van der Waals surface area (Å²) in [5.74, 6) is 0.127. The first-order valence-electron chi connectivity index (χ1n) is 5.20. The van der Waals surface area contributed by atoms with Crippen LogP contribution in [-0.4, -0.2) is 5.78 Å². The molecule has 0 aliphatic heterocycles. The first-order chi connectivity index (χ1) is 6.77. The van der Waals surface area contributed by atoms with Gasteiger partial charge in [0.15, 0.2) is 5.78 Å². The minimum atomic E-state index is 0.127. The van der Waals surface area contributed by atoms with Crippen molar-refractivity contribution in [2.45, 2.75) is 39.5 Å². The van der Waals surface area contributed by atoms with Gasteiger partial charge in [0.25, 0.3) is 0 Å². The summed E-state index contributed by atoms with van der Waals surface area (Å²) in [6.45, 7) is 3.61. The maximum absolute atomic E-state index is 10.5. The Morgan fingerprint density at radius 3 is 1.93 bits per heavy atom. The second-order valence-electron chi connectivity index (χ2n) is 3.21. The Balaban J connectivity index is 3.31. The van der Waals surface area contributed by atoms with Gasteiger partial charge in [0.1, 0.15) is 0 Å². The topological polar surface area (TPSA) is 17.1 Å². The summed E-state index contributed by atoms with van der Waals surface area (Å²) >= 11 is 0. The van der Waals surface area contributed by atoms with Gasteiger partial charge in [-0.3, -0.25) is 4.79 Å². The van der Waals surface area contributed by atoms with Gasteiger partial charge in [-0.2, -0.15) is 0 Å². The number of allylic oxidation sites excluding steroid dienone is 6. The highest BCUT2D eigenvalue weighted by Gasteiger charge is 1.81. The van der Waals surface area contributed by atoms with Crippen molar-refractivity contribution >= 4 is 5.78 Å². The van der Waals surface area contributed by atoms with Crippen LogP contribution in [0.25, 0.3) is 0 Å². The molecule has 0 rings (SSSR count). The predicted molar refractivity (Wildman–Crippen MR) is 62.2 cm³/mol. The molecule has 0 unspecified atom stereocenters. The van der Waals surface area contributed by atoms with Crippen LogP contribution in [0.15, 0.2) is 36.5 Å². The van der Waals surface area contributed by atoms with E-state index in [1.807, 2.05) is 13.0 Å². The predicted octanol–water partition coefficient (Wildman–Crippen LogP) is 3.82. The van der Waals surface area contributed by atoms with E-state index in [1.54, 1.807) is 13.0 Å². The standard InChI is InChI=1S/C13H20O/c1-3-4-5-6-7-8-9-10-11-12-13(2)14/h3-4,7-8,11-12H,5-6,9-10H2,1-2H3. The fraction of sp³-hybridized carbons (Fsp3) is 0.462. The van der Waals surface area contributed by atoms with Crippen LogP contribution in [0.3, 0.4) is 0 Å². The summed E-state index contributed by atoms with van der Waals surface area (Å²) in [6, 6.07) is 0. The molecule has 0 radical (unpaired) electrons. The van der Waals surface area contributed by atoms with Crippen molar-refractivity contribution in [2.75, 3.05) is 0 Å². The molecule has 0 fully saturated rings. The summed E-state index contributed by atoms with van der Waals surface area (Å²) in [5.41, 5.74) is 0. The van der Waals surface area contributed by atoms with E-state index in [-0.39, 0.29) is 5.78 Å². The molecule has 0 aromatic heterocycles. The van der Waals surface area contributed by atoms with Crippen molar-refractivity contribution in [3.05, 3.63) is 36.5 Å². The molecule has 1 heteroatoms. The van der Waals surface area contributed by atoms with Crippen LogP contribution in [0.1, 0.15) is 39.5 Å². The fourth-order valence-electron chi connectivity index (χ4n) is 1.04. The molecule has 0 bridgehead atoms. The second kappa shape index (κ2) is 9.97. The first kappa shape index (κ1) is 12.9. The van der Waals surface area contributed by atoms with Gasteiger partial charge in [-0.05, 0) is 45.6 Å². The highest BCUT2D eigenvalue weighted by atomic mass is 16.1. The van der Waals surface area contributed by atoms with E-state index in [2.05, 4.69) is 24.3 Å². The quantitative estimate of drug-likeness (QED) is 0.340. The lowest BCUT2D eigenvalue weighted by molar-refractivity contribution is -0.112. The number of carbonyl (C=O) groups excluding carboxylic acids is 1. The SMILES string of the molecule is CC=CCCC=CCCC=CC(C)=O. The van der Waals surface area contributed by atoms with Gasteiger partial charge in [-0.25, -0.2) is 0 Å². The maximum atomic E-state index is 10.5. The zero-order chi connectivity index (χ0) is 10.6. The summed E-state index contributed by atoms with van der Waals surface area (Å²) < 4.78 is 0. The van der Waals surface area contributed by atoms with E-state index in [0.29, 0.717) is 0 Å². The number of hydrogen-bond donors (Lipinski definition) is 0. The lowest BCUT2D eigenvalue weighted by Crippen LogP contribution is -1.78. The van der Waals surface area contributed by atoms with Crippen LogP contribution < -0.4 is 0 Å². The molecule has 14 heavy (non-hydrogen) atoms. The van der Waals surface area contributed by atoms with E-state index in [1.165, 1.54) is 0 Å². The van der Waals surface area contributed by atoms with E-state index in [0.717, 1.165) is 25.7 Å². The zero-order valence-electron chi connectivity index (χ0n) is 9.20. The Labute approximate surface area is 87.2 Å². The molecule has 0 spiro atoms. The van der Waals surface area contributed by atoms with Crippen molar-refractivity contribution in [3.8, 4) is 0 Å². The summed E-state index contributed by atoms with van der Waals surface area (Å²) in [7, 11) is 0. The minimum absolute atomic E-state index is 0.127. The Morgan fingerprint density at radius 1 is 0.929 bits per heavy atom. The molecule has 0 aromatic carbocycles. The smallest absolute Gasteiger partial charge is 0.152 e. The van der Waals surface area contributed by atoms with Crippen molar-refractivity contribution in [1.29, 1.82) is 0 Å². The highest BCUT2D eigenvalue weighted by molar-refractivity contribution is 5.87. The van der Waals surface area contributed by atoms with Gasteiger partial charge >= 0.3 is 0 Å². The van der Waals surface area contributed by atoms with Crippen LogP contribution in [0.2, 0.25) is 0 Å². The number of ketones is 1. The fourth-order valence-corrected chi connectivity index (χ4v) is 1.04. The average molecular weight is 192 g/mol. The Kier molecular flexibility index (Phi) is 9.18. The molecule has 78 valence electrons. The lowest BCUT2D eigenvalue weighted by Gasteiger charge is -1.87. The van der Waals surface area contributed by atoms with E-state index >= 15 is 0 Å². The molecular weight excluding hydrogens is 172 g/mol. The average Bonchev–Trinajstić information content (AvgIpc) is 2.15. The number of unbranched alkanes of at least 4 members (excludes halogenated alkanes) is 2. The van der Waals surface area contributed by atoms with Gasteiger partial charge in [0.05, 0.1) is 0 Å². The normalized spacial score (nSPS) is 12.1. The highest BCUT2D eigenvalue weighted by Crippen LogP contribution is 1.97. The lowest BCUT2D eigenvalue weighted by atomic mass is 10.2. The molecule has 0 aliphatic rings. The minimum Gasteiger partial charge on any atom is -0.295 e. The van der Waals surface area contributed by atoms with Crippen LogP contribution in [0, 0.1) is 0 Å². The van der Waals surface area contributed by atoms with Crippen LogP contribution >= 0.6 is 0 Å². The molecule has 1 nitrogen and oxygen atoms in total. The first-order valence-corrected chi connectivity index (χ1v) is 5.20. The van der Waals surface area contributed by atoms with Gasteiger partial charge in [-0.1, -0.05) is 30.4 Å². The van der Waals surface area contributed by atoms with Gasteiger partial charge < -0.3 is 0 Å². The molecule has 0 amide bonds. The van der Waals surface area contributed by atoms with E-state index in [4.69, 9.17) is 0 Å². The van der Waals surface area contributed by atoms with E-state index < -0.39 is 0 Å². The van der Waals surface area contributed by atoms with Gasteiger partial charge in [0, 0.05) is 0 Å². The third kappa shape index (κ3) is 10.9. The zero-order valence-corrected chi connectivity index (χ0v) is 9.20. The summed E-state index contributed by atoms with van der Waals surface area (Å²) in [4.78, 5) is 10.5. The Bertz CT molecular complexity index is 221. The van der Waals surface area contributed by atoms with E-state index in [9.17, 15) is 4.79 Å². The van der Waals surface area contributed by atoms with Crippen LogP contribution in [-0.2, 0) is 4.79 Å². The molecule has 0 aromatic rings.